The Morgan fingerprint density at radius 2 is 2.00 bits per heavy atom. The largest absolute Gasteiger partial charge is 0.386 e. The summed E-state index contributed by atoms with van der Waals surface area (Å²) in [5.41, 5.74) is 6.26. The molecule has 0 spiro atoms. The molecule has 1 aromatic rings. The zero-order valence-electron chi connectivity index (χ0n) is 11.8. The smallest absolute Gasteiger partial charge is 0.129 e. The average molecular weight is 251 g/mol. The topological polar surface area (TPSA) is 62.4 Å². The van der Waals surface area contributed by atoms with Crippen LogP contribution < -0.4 is 5.73 Å². The van der Waals surface area contributed by atoms with Crippen molar-refractivity contribution in [2.75, 3.05) is 18.8 Å². The van der Waals surface area contributed by atoms with Gasteiger partial charge < -0.3 is 10.8 Å². The molecule has 102 valence electrons. The number of aliphatic hydroxyl groups is 1. The highest BCUT2D eigenvalue weighted by Gasteiger charge is 2.37. The van der Waals surface area contributed by atoms with Gasteiger partial charge in [-0.15, -0.1) is 0 Å². The molecule has 4 nitrogen and oxygen atoms in total. The molecule has 2 unspecified atom stereocenters. The van der Waals surface area contributed by atoms with Gasteiger partial charge in [-0.3, -0.25) is 4.90 Å². The minimum atomic E-state index is -0.629. The molecule has 0 aromatic carbocycles. The quantitative estimate of drug-likeness (QED) is 0.813. The third kappa shape index (κ3) is 2.65. The van der Waals surface area contributed by atoms with Gasteiger partial charge in [-0.1, -0.05) is 26.8 Å². The number of hydrogen-bond acceptors (Lipinski definition) is 4. The number of hydrogen-bond donors (Lipinski definition) is 2. The highest BCUT2D eigenvalue weighted by molar-refractivity contribution is 5.41. The normalized spacial score (nSPS) is 16.6. The first-order valence-electron chi connectivity index (χ1n) is 6.64. The first-order chi connectivity index (χ1) is 8.51. The van der Waals surface area contributed by atoms with Gasteiger partial charge in [-0.05, 0) is 32.5 Å². The monoisotopic (exact) mass is 251 g/mol. The van der Waals surface area contributed by atoms with Crippen LogP contribution >= 0.6 is 0 Å². The molecule has 2 atom stereocenters. The number of aromatic nitrogens is 1. The number of aliphatic hydroxyl groups excluding tert-OH is 1. The Hall–Kier alpha value is -1.13. The van der Waals surface area contributed by atoms with E-state index in [0.717, 1.165) is 19.5 Å². The molecule has 1 heterocycles. The van der Waals surface area contributed by atoms with E-state index in [1.165, 1.54) is 0 Å². The molecular formula is C14H25N3O. The molecule has 1 rings (SSSR count). The van der Waals surface area contributed by atoms with Gasteiger partial charge in [0.2, 0.25) is 0 Å². The van der Waals surface area contributed by atoms with Crippen molar-refractivity contribution in [3.05, 3.63) is 23.9 Å². The Kier molecular flexibility index (Phi) is 5.11. The van der Waals surface area contributed by atoms with Crippen LogP contribution in [0.2, 0.25) is 0 Å². The van der Waals surface area contributed by atoms with E-state index in [0.29, 0.717) is 11.4 Å². The number of nitrogen functional groups attached to an aromatic ring is 1. The van der Waals surface area contributed by atoms with Gasteiger partial charge in [0.05, 0.1) is 0 Å². The average Bonchev–Trinajstić information content (AvgIpc) is 2.39. The second kappa shape index (κ2) is 6.16. The summed E-state index contributed by atoms with van der Waals surface area (Å²) in [5.74, 6) is 0.414. The number of pyridine rings is 1. The van der Waals surface area contributed by atoms with Crippen molar-refractivity contribution in [1.29, 1.82) is 0 Å². The minimum Gasteiger partial charge on any atom is -0.386 e. The summed E-state index contributed by atoms with van der Waals surface area (Å²) in [6.07, 6.45) is 1.87. The van der Waals surface area contributed by atoms with Crippen molar-refractivity contribution in [3.8, 4) is 0 Å². The van der Waals surface area contributed by atoms with Gasteiger partial charge in [-0.25, -0.2) is 4.98 Å². The maximum atomic E-state index is 10.7. The van der Waals surface area contributed by atoms with E-state index in [4.69, 9.17) is 5.73 Å². The van der Waals surface area contributed by atoms with Crippen LogP contribution in [0.15, 0.2) is 18.3 Å². The maximum absolute atomic E-state index is 10.7. The molecule has 0 saturated carbocycles. The molecule has 0 aliphatic carbocycles. The Labute approximate surface area is 110 Å². The van der Waals surface area contributed by atoms with E-state index in [9.17, 15) is 5.11 Å². The third-order valence-electron chi connectivity index (χ3n) is 3.96. The Balaban J connectivity index is 3.12. The second-order valence-corrected chi connectivity index (χ2v) is 4.76. The van der Waals surface area contributed by atoms with E-state index in [1.54, 1.807) is 6.20 Å². The zero-order chi connectivity index (χ0) is 13.8. The van der Waals surface area contributed by atoms with E-state index in [-0.39, 0.29) is 5.54 Å². The van der Waals surface area contributed by atoms with Crippen LogP contribution in [0.5, 0.6) is 0 Å². The SMILES string of the molecule is CCN(CC)C(C)(CC)C(O)c1cccnc1N. The van der Waals surface area contributed by atoms with Crippen molar-refractivity contribution in [3.63, 3.8) is 0 Å². The lowest BCUT2D eigenvalue weighted by atomic mass is 9.85. The van der Waals surface area contributed by atoms with Gasteiger partial charge in [0.15, 0.2) is 0 Å². The van der Waals surface area contributed by atoms with Crippen LogP contribution in [0.25, 0.3) is 0 Å². The van der Waals surface area contributed by atoms with Gasteiger partial charge in [0.25, 0.3) is 0 Å². The van der Waals surface area contributed by atoms with E-state index in [1.807, 2.05) is 12.1 Å². The van der Waals surface area contributed by atoms with Crippen LogP contribution in [0, 0.1) is 0 Å². The van der Waals surface area contributed by atoms with Gasteiger partial charge in [-0.2, -0.15) is 0 Å². The molecule has 0 aliphatic rings. The molecule has 18 heavy (non-hydrogen) atoms. The number of anilines is 1. The van der Waals surface area contributed by atoms with Crippen molar-refractivity contribution in [2.45, 2.75) is 45.8 Å². The van der Waals surface area contributed by atoms with Crippen LogP contribution in [-0.4, -0.2) is 33.6 Å². The fourth-order valence-corrected chi connectivity index (χ4v) is 2.53. The molecule has 4 heteroatoms. The molecule has 0 fully saturated rings. The lowest BCUT2D eigenvalue weighted by Crippen LogP contribution is -2.50. The minimum absolute atomic E-state index is 0.319. The first kappa shape index (κ1) is 14.9. The van der Waals surface area contributed by atoms with Crippen molar-refractivity contribution >= 4 is 5.82 Å². The highest BCUT2D eigenvalue weighted by atomic mass is 16.3. The Morgan fingerprint density at radius 1 is 1.39 bits per heavy atom. The Bertz CT molecular complexity index is 379. The first-order valence-corrected chi connectivity index (χ1v) is 6.64. The van der Waals surface area contributed by atoms with Crippen molar-refractivity contribution in [1.82, 2.24) is 9.88 Å². The van der Waals surface area contributed by atoms with Crippen LogP contribution in [0.3, 0.4) is 0 Å². The molecule has 1 aromatic heterocycles. The standard InChI is InChI=1S/C14H25N3O/c1-5-14(4,17(6-2)7-3)12(18)11-9-8-10-16-13(11)15/h8-10,12,18H,5-7H2,1-4H3,(H2,15,16). The molecule has 0 bridgehead atoms. The number of likely N-dealkylation sites (N-methyl/N-ethyl adjacent to an activating group) is 1. The summed E-state index contributed by atoms with van der Waals surface area (Å²) in [6.45, 7) is 10.2. The van der Waals surface area contributed by atoms with Crippen LogP contribution in [-0.2, 0) is 0 Å². The maximum Gasteiger partial charge on any atom is 0.129 e. The summed E-state index contributed by atoms with van der Waals surface area (Å²) in [6, 6.07) is 3.66. The van der Waals surface area contributed by atoms with Crippen molar-refractivity contribution < 1.29 is 5.11 Å². The molecule has 3 N–H and O–H groups in total. The predicted octanol–water partition coefficient (Wildman–Crippen LogP) is 2.21. The summed E-state index contributed by atoms with van der Waals surface area (Å²) >= 11 is 0. The second-order valence-electron chi connectivity index (χ2n) is 4.76. The Morgan fingerprint density at radius 3 is 2.44 bits per heavy atom. The molecule has 0 radical (unpaired) electrons. The third-order valence-corrected chi connectivity index (χ3v) is 3.96. The molecular weight excluding hydrogens is 226 g/mol. The summed E-state index contributed by atoms with van der Waals surface area (Å²) in [5, 5.41) is 10.7. The van der Waals surface area contributed by atoms with Gasteiger partial charge in [0.1, 0.15) is 11.9 Å². The molecule has 0 aliphatic heterocycles. The highest BCUT2D eigenvalue weighted by Crippen LogP contribution is 2.35. The van der Waals surface area contributed by atoms with E-state index >= 15 is 0 Å². The fraction of sp³-hybridized carbons (Fsp3) is 0.643. The van der Waals surface area contributed by atoms with Crippen LogP contribution in [0.1, 0.15) is 45.8 Å². The molecule has 0 saturated heterocycles. The number of rotatable bonds is 6. The van der Waals surface area contributed by atoms with Gasteiger partial charge in [0, 0.05) is 17.3 Å². The van der Waals surface area contributed by atoms with Crippen molar-refractivity contribution in [2.24, 2.45) is 0 Å². The zero-order valence-corrected chi connectivity index (χ0v) is 11.8. The summed E-state index contributed by atoms with van der Waals surface area (Å²) < 4.78 is 0. The fourth-order valence-electron chi connectivity index (χ4n) is 2.53. The van der Waals surface area contributed by atoms with E-state index < -0.39 is 6.10 Å². The number of nitrogens with two attached hydrogens (primary N) is 1. The lowest BCUT2D eigenvalue weighted by Gasteiger charge is -2.43. The van der Waals surface area contributed by atoms with E-state index in [2.05, 4.69) is 37.6 Å². The van der Waals surface area contributed by atoms with Crippen LogP contribution in [0.4, 0.5) is 5.82 Å². The van der Waals surface area contributed by atoms with Gasteiger partial charge >= 0.3 is 0 Å². The summed E-state index contributed by atoms with van der Waals surface area (Å²) in [7, 11) is 0. The molecule has 0 amide bonds. The lowest BCUT2D eigenvalue weighted by molar-refractivity contribution is -0.0211. The number of nitrogens with zero attached hydrogens (tertiary/aromatic N) is 2. The summed E-state index contributed by atoms with van der Waals surface area (Å²) in [4.78, 5) is 6.33. The predicted molar refractivity (Wildman–Crippen MR) is 75.2 cm³/mol.